The molecule has 0 radical (unpaired) electrons. The molecule has 1 atom stereocenters. The molecule has 0 aromatic heterocycles. The molecule has 27 heavy (non-hydrogen) atoms. The van der Waals surface area contributed by atoms with Crippen LogP contribution in [0.4, 0.5) is 0 Å². The van der Waals surface area contributed by atoms with Crippen LogP contribution in [0.1, 0.15) is 18.9 Å². The van der Waals surface area contributed by atoms with Crippen molar-refractivity contribution in [2.24, 2.45) is 5.92 Å². The Morgan fingerprint density at radius 1 is 1.07 bits per heavy atom. The van der Waals surface area contributed by atoms with Gasteiger partial charge in [0.05, 0.1) is 24.1 Å². The molecule has 0 aliphatic carbocycles. The topological polar surface area (TPSA) is 38.3 Å². The van der Waals surface area contributed by atoms with Crippen LogP contribution in [0.25, 0.3) is 0 Å². The van der Waals surface area contributed by atoms with E-state index in [1.807, 2.05) is 55.5 Å². The summed E-state index contributed by atoms with van der Waals surface area (Å²) >= 11 is 7.10. The van der Waals surface area contributed by atoms with Crippen LogP contribution in [0.3, 0.4) is 0 Å². The van der Waals surface area contributed by atoms with Crippen molar-refractivity contribution in [3.8, 4) is 0 Å². The van der Waals surface area contributed by atoms with Crippen molar-refractivity contribution in [2.75, 3.05) is 13.2 Å². The van der Waals surface area contributed by atoms with Gasteiger partial charge in [0, 0.05) is 15.4 Å². The van der Waals surface area contributed by atoms with E-state index in [2.05, 4.69) is 17.4 Å². The van der Waals surface area contributed by atoms with Crippen LogP contribution in [0.2, 0.25) is 0 Å². The highest BCUT2D eigenvalue weighted by Gasteiger charge is 2.32. The third-order valence-corrected chi connectivity index (χ3v) is 6.07. The molecule has 3 nitrogen and oxygen atoms in total. The molecular weight excluding hydrogens is 374 g/mol. The number of amides is 1. The molecule has 2 aromatic carbocycles. The van der Waals surface area contributed by atoms with Gasteiger partial charge < -0.3 is 10.1 Å². The van der Waals surface area contributed by atoms with E-state index >= 15 is 0 Å². The zero-order valence-corrected chi connectivity index (χ0v) is 16.9. The first kappa shape index (κ1) is 19.8. The van der Waals surface area contributed by atoms with Gasteiger partial charge >= 0.3 is 0 Å². The summed E-state index contributed by atoms with van der Waals surface area (Å²) < 4.78 is 5.96. The first-order valence-corrected chi connectivity index (χ1v) is 10.3. The fraction of sp³-hybridized carbons (Fsp3) is 0.273. The highest BCUT2D eigenvalue weighted by Crippen LogP contribution is 2.38. The van der Waals surface area contributed by atoms with Crippen LogP contribution in [0.5, 0.6) is 0 Å². The second-order valence-electron chi connectivity index (χ2n) is 6.29. The van der Waals surface area contributed by atoms with Crippen LogP contribution in [0, 0.1) is 5.92 Å². The van der Waals surface area contributed by atoms with E-state index in [1.165, 1.54) is 5.56 Å². The molecule has 1 unspecified atom stereocenters. The number of thioether (sulfide) groups is 1. The van der Waals surface area contributed by atoms with Crippen LogP contribution in [0.15, 0.2) is 76.0 Å². The van der Waals surface area contributed by atoms with Crippen molar-refractivity contribution in [3.05, 3.63) is 76.7 Å². The number of hydrogen-bond donors (Lipinski definition) is 1. The van der Waals surface area contributed by atoms with Gasteiger partial charge in [-0.25, -0.2) is 0 Å². The molecule has 0 saturated heterocycles. The van der Waals surface area contributed by atoms with E-state index in [-0.39, 0.29) is 11.8 Å². The molecule has 0 fully saturated rings. The summed E-state index contributed by atoms with van der Waals surface area (Å²) in [6, 6.07) is 20.4. The quantitative estimate of drug-likeness (QED) is 0.514. The minimum atomic E-state index is -0.0892. The Balaban J connectivity index is 1.70. The number of rotatable bonds is 8. The van der Waals surface area contributed by atoms with Crippen molar-refractivity contribution >= 4 is 34.9 Å². The molecule has 0 bridgehead atoms. The van der Waals surface area contributed by atoms with Crippen LogP contribution in [-0.4, -0.2) is 24.1 Å². The van der Waals surface area contributed by atoms with Crippen LogP contribution < -0.4 is 5.32 Å². The third-order valence-electron chi connectivity index (χ3n) is 4.43. The van der Waals surface area contributed by atoms with Gasteiger partial charge in [-0.05, 0) is 30.5 Å². The average Bonchev–Trinajstić information content (AvgIpc) is 2.69. The van der Waals surface area contributed by atoms with Gasteiger partial charge in [0.15, 0.2) is 0 Å². The zero-order chi connectivity index (χ0) is 19.1. The first-order chi connectivity index (χ1) is 13.2. The normalized spacial score (nSPS) is 17.1. The maximum absolute atomic E-state index is 12.4. The molecule has 3 rings (SSSR count). The standard InChI is InChI=1S/C22H23NO2S2/c1-2-18-20(27-17-11-7-4-8-12-17)19(22(26)23-21(18)24)15-25-14-13-16-9-5-3-6-10-16/h3-12,19H,2,13-15H2,1H3,(H,23,24,26). The van der Waals surface area contributed by atoms with Crippen LogP contribution in [-0.2, 0) is 16.0 Å². The Morgan fingerprint density at radius 2 is 1.74 bits per heavy atom. The largest absolute Gasteiger partial charge is 0.380 e. The van der Waals surface area contributed by atoms with Crippen molar-refractivity contribution in [1.82, 2.24) is 5.32 Å². The SMILES string of the molecule is CCC1=C(Sc2ccccc2)C(COCCc2ccccc2)C(=S)NC1=O. The molecule has 1 heterocycles. The van der Waals surface area contributed by atoms with Crippen molar-refractivity contribution in [2.45, 2.75) is 24.7 Å². The minimum absolute atomic E-state index is 0.0820. The molecule has 1 aliphatic heterocycles. The summed E-state index contributed by atoms with van der Waals surface area (Å²) in [7, 11) is 0. The second kappa shape index (κ2) is 9.83. The minimum Gasteiger partial charge on any atom is -0.380 e. The average molecular weight is 398 g/mol. The van der Waals surface area contributed by atoms with Crippen molar-refractivity contribution < 1.29 is 9.53 Å². The summed E-state index contributed by atoms with van der Waals surface area (Å²) in [4.78, 5) is 15.1. The smallest absolute Gasteiger partial charge is 0.252 e. The third kappa shape index (κ3) is 5.28. The monoisotopic (exact) mass is 397 g/mol. The lowest BCUT2D eigenvalue weighted by molar-refractivity contribution is -0.116. The van der Waals surface area contributed by atoms with Gasteiger partial charge in [0.2, 0.25) is 0 Å². The molecule has 1 N–H and O–H groups in total. The fourth-order valence-electron chi connectivity index (χ4n) is 2.99. The predicted octanol–water partition coefficient (Wildman–Crippen LogP) is 4.78. The molecule has 2 aromatic rings. The van der Waals surface area contributed by atoms with Crippen molar-refractivity contribution in [1.29, 1.82) is 0 Å². The number of hydrogen-bond acceptors (Lipinski definition) is 4. The Labute approximate surface area is 170 Å². The van der Waals surface area contributed by atoms with Crippen molar-refractivity contribution in [3.63, 3.8) is 0 Å². The molecule has 5 heteroatoms. The number of carbonyl (C=O) groups is 1. The Hall–Kier alpha value is -1.95. The highest BCUT2D eigenvalue weighted by atomic mass is 32.2. The lowest BCUT2D eigenvalue weighted by atomic mass is 9.99. The predicted molar refractivity (Wildman–Crippen MR) is 115 cm³/mol. The first-order valence-electron chi connectivity index (χ1n) is 9.12. The molecule has 1 amide bonds. The van der Waals surface area contributed by atoms with E-state index in [0.29, 0.717) is 24.6 Å². The van der Waals surface area contributed by atoms with Crippen LogP contribution >= 0.6 is 24.0 Å². The van der Waals surface area contributed by atoms with E-state index in [1.54, 1.807) is 11.8 Å². The second-order valence-corrected chi connectivity index (χ2v) is 7.85. The molecule has 0 saturated carbocycles. The van der Waals surface area contributed by atoms with Gasteiger partial charge in [-0.3, -0.25) is 4.79 Å². The Kier molecular flexibility index (Phi) is 7.21. The van der Waals surface area contributed by atoms with Gasteiger partial charge in [-0.1, -0.05) is 79.4 Å². The molecular formula is C22H23NO2S2. The summed E-state index contributed by atoms with van der Waals surface area (Å²) in [6.07, 6.45) is 1.53. The lowest BCUT2D eigenvalue weighted by Gasteiger charge is -2.28. The number of carbonyl (C=O) groups excluding carboxylic acids is 1. The van der Waals surface area contributed by atoms with E-state index in [9.17, 15) is 4.79 Å². The maximum Gasteiger partial charge on any atom is 0.252 e. The molecule has 140 valence electrons. The summed E-state index contributed by atoms with van der Waals surface area (Å²) in [5, 5.41) is 2.85. The van der Waals surface area contributed by atoms with E-state index in [0.717, 1.165) is 21.8 Å². The Bertz CT molecular complexity index is 819. The number of ether oxygens (including phenoxy) is 1. The van der Waals surface area contributed by atoms with Gasteiger partial charge in [0.1, 0.15) is 0 Å². The molecule has 1 aliphatic rings. The number of benzene rings is 2. The number of thiocarbonyl (C=S) groups is 1. The summed E-state index contributed by atoms with van der Waals surface area (Å²) in [5.41, 5.74) is 2.05. The van der Waals surface area contributed by atoms with E-state index in [4.69, 9.17) is 17.0 Å². The molecule has 0 spiro atoms. The zero-order valence-electron chi connectivity index (χ0n) is 15.3. The van der Waals surface area contributed by atoms with Gasteiger partial charge in [-0.2, -0.15) is 0 Å². The van der Waals surface area contributed by atoms with Gasteiger partial charge in [-0.15, -0.1) is 0 Å². The van der Waals surface area contributed by atoms with E-state index < -0.39 is 0 Å². The summed E-state index contributed by atoms with van der Waals surface area (Å²) in [5.74, 6) is -0.171. The lowest BCUT2D eigenvalue weighted by Crippen LogP contribution is -2.42. The Morgan fingerprint density at radius 3 is 2.41 bits per heavy atom. The maximum atomic E-state index is 12.4. The highest BCUT2D eigenvalue weighted by molar-refractivity contribution is 8.03. The number of nitrogens with one attached hydrogen (secondary N) is 1. The van der Waals surface area contributed by atoms with Gasteiger partial charge in [0.25, 0.3) is 5.91 Å². The summed E-state index contributed by atoms with van der Waals surface area (Å²) in [6.45, 7) is 3.11. The fourth-order valence-corrected chi connectivity index (χ4v) is 4.57.